The van der Waals surface area contributed by atoms with Crippen LogP contribution in [0.25, 0.3) is 0 Å². The minimum Gasteiger partial charge on any atom is -0.356 e. The smallest absolute Gasteiger partial charge is 0.221 e. The third kappa shape index (κ3) is 5.26. The third-order valence-electron chi connectivity index (χ3n) is 3.94. The standard InChI is InChI=1S/C13H24N2O.ClH/c16-13(10-12-6-3-8-14-12)15-9-7-11-4-1-2-5-11;/h11-12,14H,1-10H2,(H,15,16);1H. The van der Waals surface area contributed by atoms with Gasteiger partial charge in [0.15, 0.2) is 0 Å². The summed E-state index contributed by atoms with van der Waals surface area (Å²) in [5.41, 5.74) is 0. The first-order valence-corrected chi connectivity index (χ1v) is 6.84. The van der Waals surface area contributed by atoms with Gasteiger partial charge in [-0.2, -0.15) is 0 Å². The van der Waals surface area contributed by atoms with Crippen molar-refractivity contribution in [2.75, 3.05) is 13.1 Å². The van der Waals surface area contributed by atoms with Gasteiger partial charge in [0, 0.05) is 19.0 Å². The molecule has 100 valence electrons. The average Bonchev–Trinajstić information content (AvgIpc) is 2.90. The molecule has 1 saturated heterocycles. The van der Waals surface area contributed by atoms with Crippen LogP contribution in [-0.4, -0.2) is 25.0 Å². The first-order chi connectivity index (χ1) is 7.84. The zero-order valence-electron chi connectivity index (χ0n) is 10.5. The lowest BCUT2D eigenvalue weighted by Crippen LogP contribution is -2.32. The Morgan fingerprint density at radius 2 is 1.94 bits per heavy atom. The Morgan fingerprint density at radius 1 is 1.18 bits per heavy atom. The summed E-state index contributed by atoms with van der Waals surface area (Å²) in [6.07, 6.45) is 9.78. The van der Waals surface area contributed by atoms with Gasteiger partial charge in [-0.1, -0.05) is 25.7 Å². The zero-order chi connectivity index (χ0) is 11.2. The molecule has 2 N–H and O–H groups in total. The van der Waals surface area contributed by atoms with E-state index in [9.17, 15) is 4.79 Å². The van der Waals surface area contributed by atoms with Gasteiger partial charge in [-0.05, 0) is 31.7 Å². The van der Waals surface area contributed by atoms with Crippen LogP contribution < -0.4 is 10.6 Å². The lowest BCUT2D eigenvalue weighted by molar-refractivity contribution is -0.121. The van der Waals surface area contributed by atoms with Crippen LogP contribution in [0.5, 0.6) is 0 Å². The largest absolute Gasteiger partial charge is 0.356 e. The topological polar surface area (TPSA) is 41.1 Å². The van der Waals surface area contributed by atoms with E-state index < -0.39 is 0 Å². The van der Waals surface area contributed by atoms with Crippen molar-refractivity contribution in [1.82, 2.24) is 10.6 Å². The number of halogens is 1. The van der Waals surface area contributed by atoms with Gasteiger partial charge in [0.05, 0.1) is 0 Å². The molecule has 17 heavy (non-hydrogen) atoms. The van der Waals surface area contributed by atoms with Crippen LogP contribution in [0.4, 0.5) is 0 Å². The van der Waals surface area contributed by atoms with Crippen LogP contribution in [0.3, 0.4) is 0 Å². The molecule has 2 rings (SSSR count). The van der Waals surface area contributed by atoms with E-state index in [4.69, 9.17) is 0 Å². The van der Waals surface area contributed by atoms with E-state index in [0.717, 1.165) is 25.4 Å². The maximum Gasteiger partial charge on any atom is 0.221 e. The predicted octanol–water partition coefficient (Wildman–Crippen LogP) is 2.25. The molecule has 2 aliphatic rings. The molecule has 0 aromatic rings. The van der Waals surface area contributed by atoms with Crippen molar-refractivity contribution in [2.45, 2.75) is 57.4 Å². The molecule has 1 heterocycles. The number of hydrogen-bond acceptors (Lipinski definition) is 2. The summed E-state index contributed by atoms with van der Waals surface area (Å²) in [6.45, 7) is 1.97. The Balaban J connectivity index is 0.00000144. The number of amides is 1. The van der Waals surface area contributed by atoms with Gasteiger partial charge in [0.1, 0.15) is 0 Å². The fourth-order valence-corrected chi connectivity index (χ4v) is 2.94. The number of carbonyl (C=O) groups is 1. The van der Waals surface area contributed by atoms with E-state index in [0.29, 0.717) is 12.5 Å². The molecular weight excluding hydrogens is 236 g/mol. The summed E-state index contributed by atoms with van der Waals surface area (Å²) in [5, 5.41) is 6.42. The van der Waals surface area contributed by atoms with E-state index >= 15 is 0 Å². The van der Waals surface area contributed by atoms with Gasteiger partial charge in [-0.3, -0.25) is 4.79 Å². The van der Waals surface area contributed by atoms with Crippen molar-refractivity contribution in [3.63, 3.8) is 0 Å². The van der Waals surface area contributed by atoms with E-state index in [1.165, 1.54) is 38.5 Å². The summed E-state index contributed by atoms with van der Waals surface area (Å²) in [5.74, 6) is 1.11. The van der Waals surface area contributed by atoms with E-state index in [2.05, 4.69) is 10.6 Å². The zero-order valence-corrected chi connectivity index (χ0v) is 11.4. The molecule has 4 heteroatoms. The van der Waals surface area contributed by atoms with E-state index in [1.54, 1.807) is 0 Å². The van der Waals surface area contributed by atoms with Gasteiger partial charge >= 0.3 is 0 Å². The summed E-state index contributed by atoms with van der Waals surface area (Å²) in [6, 6.07) is 0.437. The Kier molecular flexibility index (Phi) is 6.90. The summed E-state index contributed by atoms with van der Waals surface area (Å²) < 4.78 is 0. The number of rotatable bonds is 5. The molecule has 1 aliphatic carbocycles. The molecule has 1 unspecified atom stereocenters. The van der Waals surface area contributed by atoms with Crippen LogP contribution in [0.1, 0.15) is 51.4 Å². The van der Waals surface area contributed by atoms with Crippen LogP contribution in [0, 0.1) is 5.92 Å². The molecule has 3 nitrogen and oxygen atoms in total. The predicted molar refractivity (Wildman–Crippen MR) is 72.5 cm³/mol. The quantitative estimate of drug-likeness (QED) is 0.796. The van der Waals surface area contributed by atoms with Crippen molar-refractivity contribution in [3.05, 3.63) is 0 Å². The molecule has 0 spiro atoms. The molecule has 0 bridgehead atoms. The highest BCUT2D eigenvalue weighted by molar-refractivity contribution is 5.85. The van der Waals surface area contributed by atoms with E-state index in [-0.39, 0.29) is 18.3 Å². The minimum absolute atomic E-state index is 0. The van der Waals surface area contributed by atoms with Gasteiger partial charge in [0.25, 0.3) is 0 Å². The normalized spacial score (nSPS) is 24.6. The highest BCUT2D eigenvalue weighted by Crippen LogP contribution is 2.26. The highest BCUT2D eigenvalue weighted by atomic mass is 35.5. The summed E-state index contributed by atoms with van der Waals surface area (Å²) in [7, 11) is 0. The van der Waals surface area contributed by atoms with Crippen molar-refractivity contribution in [1.29, 1.82) is 0 Å². The molecule has 1 atom stereocenters. The Labute approximate surface area is 111 Å². The van der Waals surface area contributed by atoms with Crippen molar-refractivity contribution < 1.29 is 4.79 Å². The second kappa shape index (κ2) is 7.93. The SMILES string of the molecule is Cl.O=C(CC1CCCN1)NCCC1CCCC1. The highest BCUT2D eigenvalue weighted by Gasteiger charge is 2.18. The maximum absolute atomic E-state index is 11.6. The average molecular weight is 261 g/mol. The fraction of sp³-hybridized carbons (Fsp3) is 0.923. The van der Waals surface area contributed by atoms with Crippen LogP contribution in [0.2, 0.25) is 0 Å². The van der Waals surface area contributed by atoms with Gasteiger partial charge in [-0.25, -0.2) is 0 Å². The van der Waals surface area contributed by atoms with Gasteiger partial charge in [-0.15, -0.1) is 12.4 Å². The maximum atomic E-state index is 11.6. The second-order valence-electron chi connectivity index (χ2n) is 5.29. The molecule has 2 fully saturated rings. The second-order valence-corrected chi connectivity index (χ2v) is 5.29. The molecule has 1 amide bonds. The van der Waals surface area contributed by atoms with Crippen molar-refractivity contribution in [2.24, 2.45) is 5.92 Å². The molecule has 0 aromatic carbocycles. The van der Waals surface area contributed by atoms with E-state index in [1.807, 2.05) is 0 Å². The first-order valence-electron chi connectivity index (χ1n) is 6.84. The number of hydrogen-bond donors (Lipinski definition) is 2. The molecule has 0 aromatic heterocycles. The van der Waals surface area contributed by atoms with Crippen LogP contribution in [-0.2, 0) is 4.79 Å². The Hall–Kier alpha value is -0.280. The molecule has 1 saturated carbocycles. The van der Waals surface area contributed by atoms with Crippen LogP contribution in [0.15, 0.2) is 0 Å². The van der Waals surface area contributed by atoms with Gasteiger partial charge < -0.3 is 10.6 Å². The Morgan fingerprint density at radius 3 is 2.59 bits per heavy atom. The van der Waals surface area contributed by atoms with Crippen LogP contribution >= 0.6 is 12.4 Å². The number of nitrogens with one attached hydrogen (secondary N) is 2. The third-order valence-corrected chi connectivity index (χ3v) is 3.94. The lowest BCUT2D eigenvalue weighted by Gasteiger charge is -2.12. The molecule has 0 radical (unpaired) electrons. The number of carbonyl (C=O) groups excluding carboxylic acids is 1. The summed E-state index contributed by atoms with van der Waals surface area (Å²) in [4.78, 5) is 11.6. The molecular formula is C13H25ClN2O. The molecule has 1 aliphatic heterocycles. The monoisotopic (exact) mass is 260 g/mol. The Bertz CT molecular complexity index is 223. The summed E-state index contributed by atoms with van der Waals surface area (Å²) >= 11 is 0. The minimum atomic E-state index is 0. The van der Waals surface area contributed by atoms with Gasteiger partial charge in [0.2, 0.25) is 5.91 Å². The lowest BCUT2D eigenvalue weighted by atomic mass is 10.0. The first kappa shape index (κ1) is 14.8. The van der Waals surface area contributed by atoms with Crippen molar-refractivity contribution >= 4 is 18.3 Å². The van der Waals surface area contributed by atoms with Crippen molar-refractivity contribution in [3.8, 4) is 0 Å². The fourth-order valence-electron chi connectivity index (χ4n) is 2.94.